The number of benzene rings is 3. The van der Waals surface area contributed by atoms with Crippen molar-refractivity contribution in [3.05, 3.63) is 71.9 Å². The van der Waals surface area contributed by atoms with Gasteiger partial charge in [-0.3, -0.25) is 4.98 Å². The molecule has 0 unspecified atom stereocenters. The number of fused-ring (bicyclic) bond motifs is 2. The number of aromatic nitrogens is 1. The second-order valence-electron chi connectivity index (χ2n) is 5.32. The average Bonchev–Trinajstić information content (AvgIpc) is 2.57. The largest absolute Gasteiger partial charge is 0.507 e. The number of hydrogen-bond donors (Lipinski definition) is 2. The van der Waals surface area contributed by atoms with E-state index in [1.54, 1.807) is 12.3 Å². The van der Waals surface area contributed by atoms with Gasteiger partial charge in [0.05, 0.1) is 5.52 Å². The van der Waals surface area contributed by atoms with E-state index in [1.807, 2.05) is 54.6 Å². The molecule has 1 heterocycles. The number of rotatable bonds is 2. The zero-order valence-corrected chi connectivity index (χ0v) is 12.9. The molecule has 0 saturated heterocycles. The van der Waals surface area contributed by atoms with Gasteiger partial charge in [-0.05, 0) is 36.4 Å². The highest BCUT2D eigenvalue weighted by Gasteiger charge is 2.07. The number of pyridine rings is 1. The highest BCUT2D eigenvalue weighted by atomic mass is 35.5. The fraction of sp³-hybridized carbons (Fsp3) is 0. The van der Waals surface area contributed by atoms with E-state index in [1.165, 1.54) is 0 Å². The molecular formula is C19H13ClN2O. The fourth-order valence-corrected chi connectivity index (χ4v) is 2.93. The summed E-state index contributed by atoms with van der Waals surface area (Å²) in [5.74, 6) is 0.275. The van der Waals surface area contributed by atoms with Crippen molar-refractivity contribution in [1.82, 2.24) is 4.98 Å². The average molecular weight is 321 g/mol. The van der Waals surface area contributed by atoms with E-state index in [2.05, 4.69) is 10.3 Å². The SMILES string of the molecule is Oc1ccc(Nc2ccnc3cc(Cl)ccc23)c2ccccc12. The maximum atomic E-state index is 10.0. The Morgan fingerprint density at radius 3 is 2.48 bits per heavy atom. The second-order valence-corrected chi connectivity index (χ2v) is 5.76. The molecular weight excluding hydrogens is 308 g/mol. The first-order valence-electron chi connectivity index (χ1n) is 7.24. The quantitative estimate of drug-likeness (QED) is 0.480. The molecule has 112 valence electrons. The predicted molar refractivity (Wildman–Crippen MR) is 95.6 cm³/mol. The molecule has 1 aromatic heterocycles. The third-order valence-corrected chi connectivity index (χ3v) is 4.11. The first kappa shape index (κ1) is 13.9. The van der Waals surface area contributed by atoms with Crippen molar-refractivity contribution in [1.29, 1.82) is 0 Å². The van der Waals surface area contributed by atoms with Crippen LogP contribution in [-0.4, -0.2) is 10.1 Å². The van der Waals surface area contributed by atoms with E-state index in [9.17, 15) is 5.11 Å². The fourth-order valence-electron chi connectivity index (χ4n) is 2.77. The lowest BCUT2D eigenvalue weighted by Gasteiger charge is -2.13. The van der Waals surface area contributed by atoms with Gasteiger partial charge in [0.1, 0.15) is 5.75 Å². The van der Waals surface area contributed by atoms with Crippen LogP contribution < -0.4 is 5.32 Å². The lowest BCUT2D eigenvalue weighted by atomic mass is 10.1. The zero-order valence-electron chi connectivity index (χ0n) is 12.1. The van der Waals surface area contributed by atoms with Gasteiger partial charge in [-0.25, -0.2) is 0 Å². The molecule has 23 heavy (non-hydrogen) atoms. The number of phenols is 1. The van der Waals surface area contributed by atoms with E-state index in [4.69, 9.17) is 11.6 Å². The maximum Gasteiger partial charge on any atom is 0.123 e. The lowest BCUT2D eigenvalue weighted by Crippen LogP contribution is -1.94. The summed E-state index contributed by atoms with van der Waals surface area (Å²) >= 11 is 6.04. The summed E-state index contributed by atoms with van der Waals surface area (Å²) in [6.07, 6.45) is 1.75. The zero-order chi connectivity index (χ0) is 15.8. The number of aromatic hydroxyl groups is 1. The highest BCUT2D eigenvalue weighted by molar-refractivity contribution is 6.31. The van der Waals surface area contributed by atoms with Gasteiger partial charge in [-0.2, -0.15) is 0 Å². The van der Waals surface area contributed by atoms with Gasteiger partial charge in [0, 0.05) is 38.8 Å². The molecule has 0 atom stereocenters. The molecule has 0 saturated carbocycles. The summed E-state index contributed by atoms with van der Waals surface area (Å²) < 4.78 is 0. The van der Waals surface area contributed by atoms with E-state index < -0.39 is 0 Å². The van der Waals surface area contributed by atoms with Crippen molar-refractivity contribution < 1.29 is 5.11 Å². The first-order chi connectivity index (χ1) is 11.2. The molecule has 4 heteroatoms. The minimum Gasteiger partial charge on any atom is -0.507 e. The van der Waals surface area contributed by atoms with Crippen LogP contribution >= 0.6 is 11.6 Å². The number of anilines is 2. The second kappa shape index (κ2) is 5.45. The summed E-state index contributed by atoms with van der Waals surface area (Å²) in [5.41, 5.74) is 2.72. The van der Waals surface area contributed by atoms with Gasteiger partial charge in [0.15, 0.2) is 0 Å². The number of halogens is 1. The molecule has 4 rings (SSSR count). The highest BCUT2D eigenvalue weighted by Crippen LogP contribution is 2.34. The molecule has 0 amide bonds. The Labute approximate surface area is 138 Å². The van der Waals surface area contributed by atoms with Gasteiger partial charge in [0.25, 0.3) is 0 Å². The monoisotopic (exact) mass is 320 g/mol. The molecule has 3 aromatic carbocycles. The van der Waals surface area contributed by atoms with Crippen molar-refractivity contribution in [2.45, 2.75) is 0 Å². The summed E-state index contributed by atoms with van der Waals surface area (Å²) in [7, 11) is 0. The van der Waals surface area contributed by atoms with Crippen LogP contribution in [0.4, 0.5) is 11.4 Å². The van der Waals surface area contributed by atoms with Crippen molar-refractivity contribution in [2.24, 2.45) is 0 Å². The molecule has 0 spiro atoms. The van der Waals surface area contributed by atoms with Gasteiger partial charge >= 0.3 is 0 Å². The molecule has 0 aliphatic carbocycles. The minimum absolute atomic E-state index is 0.275. The molecule has 0 fully saturated rings. The predicted octanol–water partition coefficient (Wildman–Crippen LogP) is 5.49. The molecule has 4 aromatic rings. The Kier molecular flexibility index (Phi) is 3.28. The van der Waals surface area contributed by atoms with Gasteiger partial charge in [-0.1, -0.05) is 35.9 Å². The normalized spacial score (nSPS) is 11.0. The van der Waals surface area contributed by atoms with Crippen molar-refractivity contribution in [2.75, 3.05) is 5.32 Å². The number of nitrogens with zero attached hydrogens (tertiary/aromatic N) is 1. The van der Waals surface area contributed by atoms with Crippen LogP contribution in [0.1, 0.15) is 0 Å². The topological polar surface area (TPSA) is 45.1 Å². The maximum absolute atomic E-state index is 10.0. The molecule has 0 aliphatic rings. The Hall–Kier alpha value is -2.78. The molecule has 0 bridgehead atoms. The van der Waals surface area contributed by atoms with E-state index in [0.717, 1.165) is 33.1 Å². The number of nitrogens with one attached hydrogen (secondary N) is 1. The summed E-state index contributed by atoms with van der Waals surface area (Å²) in [6, 6.07) is 18.9. The van der Waals surface area contributed by atoms with E-state index >= 15 is 0 Å². The van der Waals surface area contributed by atoms with Crippen LogP contribution in [0.2, 0.25) is 5.02 Å². The third kappa shape index (κ3) is 2.45. The molecule has 2 N–H and O–H groups in total. The van der Waals surface area contributed by atoms with Crippen molar-refractivity contribution in [3.63, 3.8) is 0 Å². The Bertz CT molecular complexity index is 1030. The van der Waals surface area contributed by atoms with Crippen LogP contribution in [0, 0.1) is 0 Å². The van der Waals surface area contributed by atoms with Crippen molar-refractivity contribution in [3.8, 4) is 5.75 Å². The molecule has 3 nitrogen and oxygen atoms in total. The molecule has 0 radical (unpaired) electrons. The van der Waals surface area contributed by atoms with Crippen LogP contribution in [0.15, 0.2) is 66.9 Å². The Balaban J connectivity index is 1.87. The standard InChI is InChI=1S/C19H13ClN2O/c20-12-5-6-15-17(9-10-21-18(15)11-12)22-16-7-8-19(23)14-4-2-1-3-13(14)16/h1-11,23H,(H,21,22). The smallest absolute Gasteiger partial charge is 0.123 e. The summed E-state index contributed by atoms with van der Waals surface area (Å²) in [4.78, 5) is 4.36. The van der Waals surface area contributed by atoms with Crippen LogP contribution in [0.5, 0.6) is 5.75 Å². The summed E-state index contributed by atoms with van der Waals surface area (Å²) in [6.45, 7) is 0. The summed E-state index contributed by atoms with van der Waals surface area (Å²) in [5, 5.41) is 16.9. The van der Waals surface area contributed by atoms with E-state index in [-0.39, 0.29) is 5.75 Å². The molecule has 0 aliphatic heterocycles. The number of hydrogen-bond acceptors (Lipinski definition) is 3. The Morgan fingerprint density at radius 1 is 0.826 bits per heavy atom. The minimum atomic E-state index is 0.275. The van der Waals surface area contributed by atoms with Crippen molar-refractivity contribution >= 4 is 44.7 Å². The van der Waals surface area contributed by atoms with Crippen LogP contribution in [0.25, 0.3) is 21.7 Å². The van der Waals surface area contributed by atoms with Gasteiger partial charge in [0.2, 0.25) is 0 Å². The van der Waals surface area contributed by atoms with Crippen LogP contribution in [-0.2, 0) is 0 Å². The van der Waals surface area contributed by atoms with E-state index in [0.29, 0.717) is 5.02 Å². The van der Waals surface area contributed by atoms with Gasteiger partial charge < -0.3 is 10.4 Å². The number of phenolic OH excluding ortho intramolecular Hbond substituents is 1. The third-order valence-electron chi connectivity index (χ3n) is 3.88. The lowest BCUT2D eigenvalue weighted by molar-refractivity contribution is 0.481. The Morgan fingerprint density at radius 2 is 1.61 bits per heavy atom. The van der Waals surface area contributed by atoms with Gasteiger partial charge in [-0.15, -0.1) is 0 Å². The first-order valence-corrected chi connectivity index (χ1v) is 7.62. The van der Waals surface area contributed by atoms with Crippen LogP contribution in [0.3, 0.4) is 0 Å².